The van der Waals surface area contributed by atoms with Crippen molar-refractivity contribution in [2.75, 3.05) is 6.54 Å². The van der Waals surface area contributed by atoms with Crippen molar-refractivity contribution < 1.29 is 0 Å². The summed E-state index contributed by atoms with van der Waals surface area (Å²) in [6.07, 6.45) is 2.81. The topological polar surface area (TPSA) is 29.9 Å². The molecule has 0 aliphatic rings. The highest BCUT2D eigenvalue weighted by molar-refractivity contribution is 9.10. The predicted octanol–water partition coefficient (Wildman–Crippen LogP) is 5.03. The summed E-state index contributed by atoms with van der Waals surface area (Å²) >= 11 is 11.8. The van der Waals surface area contributed by atoms with E-state index < -0.39 is 0 Å². The number of hydrogen-bond donors (Lipinski definition) is 1. The third-order valence-corrected chi connectivity index (χ3v) is 5.28. The van der Waals surface area contributed by atoms with Gasteiger partial charge in [-0.25, -0.2) is 0 Å². The van der Waals surface area contributed by atoms with E-state index in [4.69, 9.17) is 11.6 Å². The molecular formula is C14H19BrClN3S. The second-order valence-corrected chi connectivity index (χ2v) is 7.15. The maximum atomic E-state index is 6.40. The molecule has 1 atom stereocenters. The highest BCUT2D eigenvalue weighted by Gasteiger charge is 2.25. The van der Waals surface area contributed by atoms with Crippen LogP contribution >= 0.6 is 38.9 Å². The van der Waals surface area contributed by atoms with Crippen molar-refractivity contribution in [2.45, 2.75) is 39.3 Å². The maximum absolute atomic E-state index is 6.40. The molecule has 0 saturated carbocycles. The molecule has 0 fully saturated rings. The molecule has 2 aromatic heterocycles. The van der Waals surface area contributed by atoms with Crippen LogP contribution in [0.15, 0.2) is 22.1 Å². The Morgan fingerprint density at radius 2 is 2.25 bits per heavy atom. The first-order valence-electron chi connectivity index (χ1n) is 6.75. The van der Waals surface area contributed by atoms with Crippen molar-refractivity contribution in [2.24, 2.45) is 0 Å². The van der Waals surface area contributed by atoms with E-state index >= 15 is 0 Å². The van der Waals surface area contributed by atoms with Crippen LogP contribution in [0.4, 0.5) is 0 Å². The number of thiophene rings is 1. The van der Waals surface area contributed by atoms with E-state index in [1.165, 1.54) is 4.88 Å². The van der Waals surface area contributed by atoms with Gasteiger partial charge in [-0.3, -0.25) is 4.68 Å². The fourth-order valence-corrected chi connectivity index (χ4v) is 4.06. The van der Waals surface area contributed by atoms with Crippen molar-refractivity contribution in [1.82, 2.24) is 15.1 Å². The molecule has 0 saturated heterocycles. The number of aromatic nitrogens is 2. The predicted molar refractivity (Wildman–Crippen MR) is 89.8 cm³/mol. The molecule has 0 spiro atoms. The molecule has 2 rings (SSSR count). The number of nitrogens with one attached hydrogen (secondary N) is 1. The summed E-state index contributed by atoms with van der Waals surface area (Å²) in [4.78, 5) is 1.24. The SMILES string of the molecule is CCCNC(c1sccc1Br)c1c(Cl)cnn1C(C)C. The summed E-state index contributed by atoms with van der Waals surface area (Å²) in [6.45, 7) is 7.34. The van der Waals surface area contributed by atoms with E-state index in [-0.39, 0.29) is 12.1 Å². The molecule has 0 amide bonds. The van der Waals surface area contributed by atoms with Gasteiger partial charge in [0, 0.05) is 15.4 Å². The molecule has 2 aromatic rings. The fourth-order valence-electron chi connectivity index (χ4n) is 2.15. The third kappa shape index (κ3) is 3.27. The van der Waals surface area contributed by atoms with Crippen LogP contribution in [0, 0.1) is 0 Å². The van der Waals surface area contributed by atoms with Crippen LogP contribution in [0.2, 0.25) is 5.02 Å². The molecule has 3 nitrogen and oxygen atoms in total. The van der Waals surface area contributed by atoms with Gasteiger partial charge in [0.05, 0.1) is 23.0 Å². The van der Waals surface area contributed by atoms with Crippen LogP contribution in [0.5, 0.6) is 0 Å². The Hall–Kier alpha value is -0.360. The molecule has 1 unspecified atom stereocenters. The third-order valence-electron chi connectivity index (χ3n) is 3.05. The van der Waals surface area contributed by atoms with Crippen LogP contribution in [-0.2, 0) is 0 Å². The van der Waals surface area contributed by atoms with Gasteiger partial charge in [-0.05, 0) is 54.2 Å². The molecule has 20 heavy (non-hydrogen) atoms. The van der Waals surface area contributed by atoms with Gasteiger partial charge in [0.25, 0.3) is 0 Å². The first kappa shape index (κ1) is 16.0. The molecule has 2 heterocycles. The number of hydrogen-bond acceptors (Lipinski definition) is 3. The zero-order valence-corrected chi connectivity index (χ0v) is 15.0. The van der Waals surface area contributed by atoms with Crippen LogP contribution in [0.25, 0.3) is 0 Å². The molecule has 6 heteroatoms. The minimum Gasteiger partial charge on any atom is -0.304 e. The van der Waals surface area contributed by atoms with Crippen molar-refractivity contribution in [1.29, 1.82) is 0 Å². The minimum atomic E-state index is 0.0710. The number of nitrogens with zero attached hydrogens (tertiary/aromatic N) is 2. The van der Waals surface area contributed by atoms with E-state index in [0.29, 0.717) is 5.02 Å². The fraction of sp³-hybridized carbons (Fsp3) is 0.500. The summed E-state index contributed by atoms with van der Waals surface area (Å²) in [5.41, 5.74) is 1.04. The summed E-state index contributed by atoms with van der Waals surface area (Å²) < 4.78 is 3.12. The van der Waals surface area contributed by atoms with Crippen LogP contribution in [-0.4, -0.2) is 16.3 Å². The van der Waals surface area contributed by atoms with Gasteiger partial charge in [0.1, 0.15) is 0 Å². The molecule has 0 aromatic carbocycles. The van der Waals surface area contributed by atoms with E-state index in [1.807, 2.05) is 4.68 Å². The van der Waals surface area contributed by atoms with Gasteiger partial charge in [-0.1, -0.05) is 18.5 Å². The summed E-state index contributed by atoms with van der Waals surface area (Å²) in [5.74, 6) is 0. The van der Waals surface area contributed by atoms with Gasteiger partial charge < -0.3 is 5.32 Å². The smallest absolute Gasteiger partial charge is 0.0868 e. The van der Waals surface area contributed by atoms with Gasteiger partial charge in [0.2, 0.25) is 0 Å². The van der Waals surface area contributed by atoms with Gasteiger partial charge in [-0.2, -0.15) is 5.10 Å². The molecule has 0 radical (unpaired) electrons. The zero-order chi connectivity index (χ0) is 14.7. The standard InChI is InChI=1S/C14H19BrClN3S/c1-4-6-17-12(14-10(15)5-7-20-14)13-11(16)8-18-19(13)9(2)3/h5,7-9,12,17H,4,6H2,1-3H3. The maximum Gasteiger partial charge on any atom is 0.0868 e. The van der Waals surface area contributed by atoms with Crippen LogP contribution in [0.3, 0.4) is 0 Å². The Balaban J connectivity index is 2.46. The molecule has 110 valence electrons. The van der Waals surface area contributed by atoms with Crippen molar-refractivity contribution >= 4 is 38.9 Å². The van der Waals surface area contributed by atoms with Crippen LogP contribution < -0.4 is 5.32 Å². The lowest BCUT2D eigenvalue weighted by Gasteiger charge is -2.22. The summed E-state index contributed by atoms with van der Waals surface area (Å²) in [7, 11) is 0. The Morgan fingerprint density at radius 3 is 2.80 bits per heavy atom. The lowest BCUT2D eigenvalue weighted by Crippen LogP contribution is -2.26. The largest absolute Gasteiger partial charge is 0.304 e. The Labute approximate surface area is 137 Å². The normalized spacial score (nSPS) is 13.1. The number of halogens is 2. The van der Waals surface area contributed by atoms with Crippen molar-refractivity contribution in [3.8, 4) is 0 Å². The first-order valence-corrected chi connectivity index (χ1v) is 8.80. The second kappa shape index (κ2) is 7.07. The summed E-state index contributed by atoms with van der Waals surface area (Å²) in [5, 5.41) is 10.8. The average molecular weight is 377 g/mol. The van der Waals surface area contributed by atoms with Gasteiger partial charge in [0.15, 0.2) is 0 Å². The van der Waals surface area contributed by atoms with E-state index in [0.717, 1.165) is 23.1 Å². The van der Waals surface area contributed by atoms with E-state index in [9.17, 15) is 0 Å². The van der Waals surface area contributed by atoms with Crippen molar-refractivity contribution in [3.63, 3.8) is 0 Å². The Kier molecular flexibility index (Phi) is 5.66. The van der Waals surface area contributed by atoms with E-state index in [2.05, 4.69) is 58.6 Å². The first-order chi connectivity index (χ1) is 9.56. The minimum absolute atomic E-state index is 0.0710. The quantitative estimate of drug-likeness (QED) is 0.766. The van der Waals surface area contributed by atoms with Gasteiger partial charge in [-0.15, -0.1) is 11.3 Å². The second-order valence-electron chi connectivity index (χ2n) is 4.94. The average Bonchev–Trinajstić information content (AvgIpc) is 2.98. The lowest BCUT2D eigenvalue weighted by molar-refractivity contribution is 0.474. The molecular weight excluding hydrogens is 358 g/mol. The zero-order valence-electron chi connectivity index (χ0n) is 11.9. The molecule has 0 aliphatic heterocycles. The monoisotopic (exact) mass is 375 g/mol. The van der Waals surface area contributed by atoms with Crippen LogP contribution in [0.1, 0.15) is 49.8 Å². The summed E-state index contributed by atoms with van der Waals surface area (Å²) in [6, 6.07) is 2.42. The van der Waals surface area contributed by atoms with Crippen molar-refractivity contribution in [3.05, 3.63) is 37.7 Å². The Morgan fingerprint density at radius 1 is 1.50 bits per heavy atom. The molecule has 0 aliphatic carbocycles. The number of rotatable bonds is 6. The molecule has 1 N–H and O–H groups in total. The lowest BCUT2D eigenvalue weighted by atomic mass is 10.1. The Bertz CT molecular complexity index is 565. The van der Waals surface area contributed by atoms with Gasteiger partial charge >= 0.3 is 0 Å². The van der Waals surface area contributed by atoms with E-state index in [1.54, 1.807) is 17.5 Å². The highest BCUT2D eigenvalue weighted by Crippen LogP contribution is 2.36. The molecule has 0 bridgehead atoms. The highest BCUT2D eigenvalue weighted by atomic mass is 79.9.